The van der Waals surface area contributed by atoms with Gasteiger partial charge in [-0.25, -0.2) is 8.42 Å². The number of sulfonamides is 1. The smallest absolute Gasteiger partial charge is 0.243 e. The van der Waals surface area contributed by atoms with Gasteiger partial charge in [0.25, 0.3) is 0 Å². The molecule has 2 aromatic carbocycles. The van der Waals surface area contributed by atoms with Gasteiger partial charge in [-0.3, -0.25) is 9.59 Å². The van der Waals surface area contributed by atoms with E-state index in [-0.39, 0.29) is 23.3 Å². The highest BCUT2D eigenvalue weighted by Gasteiger charge is 2.34. The van der Waals surface area contributed by atoms with Crippen LogP contribution in [-0.4, -0.2) is 43.7 Å². The molecule has 0 radical (unpaired) electrons. The standard InChI is InChI=1S/C22H27N3O4S/c1-17(21(26)23-15-18-9-4-2-5-10-18)24-22(27)19-11-8-14-25(16-19)30(28,29)20-12-6-3-7-13-20/h2-7,9-10,12-13,17,19H,8,11,14-16H2,1H3,(H,23,26)(H,24,27). The Kier molecular flexibility index (Phi) is 7.23. The van der Waals surface area contributed by atoms with Crippen LogP contribution in [0.25, 0.3) is 0 Å². The zero-order valence-electron chi connectivity index (χ0n) is 17.0. The van der Waals surface area contributed by atoms with E-state index >= 15 is 0 Å². The SMILES string of the molecule is CC(NC(=O)C1CCCN(S(=O)(=O)c2ccccc2)C1)C(=O)NCc1ccccc1. The summed E-state index contributed by atoms with van der Waals surface area (Å²) < 4.78 is 27.0. The van der Waals surface area contributed by atoms with Gasteiger partial charge in [-0.15, -0.1) is 0 Å². The lowest BCUT2D eigenvalue weighted by Gasteiger charge is -2.31. The molecule has 3 rings (SSSR count). The Morgan fingerprint density at radius 3 is 2.37 bits per heavy atom. The Bertz CT molecular complexity index is 964. The van der Waals surface area contributed by atoms with Crippen molar-refractivity contribution in [1.82, 2.24) is 14.9 Å². The van der Waals surface area contributed by atoms with Gasteiger partial charge in [0.1, 0.15) is 6.04 Å². The molecule has 0 aliphatic carbocycles. The summed E-state index contributed by atoms with van der Waals surface area (Å²) in [6.45, 7) is 2.50. The molecule has 0 bridgehead atoms. The largest absolute Gasteiger partial charge is 0.350 e. The molecule has 2 amide bonds. The molecule has 2 atom stereocenters. The van der Waals surface area contributed by atoms with Crippen LogP contribution in [0, 0.1) is 5.92 Å². The lowest BCUT2D eigenvalue weighted by atomic mass is 9.98. The Hall–Kier alpha value is -2.71. The molecule has 2 aromatic rings. The van der Waals surface area contributed by atoms with Gasteiger partial charge >= 0.3 is 0 Å². The fourth-order valence-electron chi connectivity index (χ4n) is 3.45. The number of nitrogens with one attached hydrogen (secondary N) is 2. The van der Waals surface area contributed by atoms with Crippen molar-refractivity contribution in [2.24, 2.45) is 5.92 Å². The minimum absolute atomic E-state index is 0.113. The zero-order valence-corrected chi connectivity index (χ0v) is 17.8. The molecule has 0 spiro atoms. The molecule has 1 aliphatic rings. The predicted molar refractivity (Wildman–Crippen MR) is 114 cm³/mol. The van der Waals surface area contributed by atoms with Crippen molar-refractivity contribution in [3.8, 4) is 0 Å². The lowest BCUT2D eigenvalue weighted by molar-refractivity contribution is -0.131. The van der Waals surface area contributed by atoms with Gasteiger partial charge in [0.05, 0.1) is 10.8 Å². The van der Waals surface area contributed by atoms with E-state index in [1.165, 1.54) is 4.31 Å². The summed E-state index contributed by atoms with van der Waals surface area (Å²) >= 11 is 0. The van der Waals surface area contributed by atoms with Gasteiger partial charge in [0.2, 0.25) is 21.8 Å². The van der Waals surface area contributed by atoms with Crippen LogP contribution in [0.2, 0.25) is 0 Å². The third-order valence-electron chi connectivity index (χ3n) is 5.20. The molecule has 160 valence electrons. The Labute approximate surface area is 177 Å². The molecule has 2 unspecified atom stereocenters. The molecular formula is C22H27N3O4S. The van der Waals surface area contributed by atoms with Crippen LogP contribution in [0.4, 0.5) is 0 Å². The van der Waals surface area contributed by atoms with E-state index in [2.05, 4.69) is 10.6 Å². The van der Waals surface area contributed by atoms with E-state index in [1.54, 1.807) is 37.3 Å². The number of rotatable bonds is 7. The number of nitrogens with zero attached hydrogens (tertiary/aromatic N) is 1. The normalized spacial score (nSPS) is 18.4. The van der Waals surface area contributed by atoms with E-state index in [1.807, 2.05) is 30.3 Å². The van der Waals surface area contributed by atoms with Crippen LogP contribution in [0.3, 0.4) is 0 Å². The van der Waals surface area contributed by atoms with Crippen LogP contribution in [0.1, 0.15) is 25.3 Å². The second-order valence-corrected chi connectivity index (χ2v) is 9.39. The Morgan fingerprint density at radius 1 is 1.07 bits per heavy atom. The van der Waals surface area contributed by atoms with Crippen molar-refractivity contribution < 1.29 is 18.0 Å². The van der Waals surface area contributed by atoms with Crippen molar-refractivity contribution >= 4 is 21.8 Å². The number of carbonyl (C=O) groups excluding carboxylic acids is 2. The number of hydrogen-bond donors (Lipinski definition) is 2. The maximum Gasteiger partial charge on any atom is 0.243 e. The van der Waals surface area contributed by atoms with Gasteiger partial charge in [-0.2, -0.15) is 4.31 Å². The first kappa shape index (κ1) is 22.0. The van der Waals surface area contributed by atoms with Crippen LogP contribution >= 0.6 is 0 Å². The predicted octanol–water partition coefficient (Wildman–Crippen LogP) is 1.91. The molecule has 7 nitrogen and oxygen atoms in total. The summed E-state index contributed by atoms with van der Waals surface area (Å²) in [4.78, 5) is 25.2. The molecule has 0 aromatic heterocycles. The number of carbonyl (C=O) groups is 2. The highest BCUT2D eigenvalue weighted by Crippen LogP contribution is 2.23. The summed E-state index contributed by atoms with van der Waals surface area (Å²) in [5, 5.41) is 5.53. The Morgan fingerprint density at radius 2 is 1.70 bits per heavy atom. The number of piperidine rings is 1. The Balaban J connectivity index is 1.55. The molecular weight excluding hydrogens is 402 g/mol. The molecule has 1 heterocycles. The second kappa shape index (κ2) is 9.86. The minimum Gasteiger partial charge on any atom is -0.350 e. The van der Waals surface area contributed by atoms with Crippen LogP contribution in [0.15, 0.2) is 65.6 Å². The molecule has 1 aliphatic heterocycles. The van der Waals surface area contributed by atoms with Gasteiger partial charge in [0.15, 0.2) is 0 Å². The minimum atomic E-state index is -3.64. The topological polar surface area (TPSA) is 95.6 Å². The van der Waals surface area contributed by atoms with Crippen molar-refractivity contribution in [1.29, 1.82) is 0 Å². The lowest BCUT2D eigenvalue weighted by Crippen LogP contribution is -2.50. The van der Waals surface area contributed by atoms with E-state index in [9.17, 15) is 18.0 Å². The van der Waals surface area contributed by atoms with Gasteiger partial charge in [0, 0.05) is 19.6 Å². The quantitative estimate of drug-likeness (QED) is 0.703. The summed E-state index contributed by atoms with van der Waals surface area (Å²) in [5.74, 6) is -1.07. The second-order valence-electron chi connectivity index (χ2n) is 7.45. The van der Waals surface area contributed by atoms with Crippen LogP contribution in [0.5, 0.6) is 0 Å². The third-order valence-corrected chi connectivity index (χ3v) is 7.08. The van der Waals surface area contributed by atoms with Crippen molar-refractivity contribution in [2.45, 2.75) is 37.2 Å². The maximum absolute atomic E-state index is 12.8. The zero-order chi connectivity index (χ0) is 21.6. The average molecular weight is 430 g/mol. The van der Waals surface area contributed by atoms with E-state index in [4.69, 9.17) is 0 Å². The fraction of sp³-hybridized carbons (Fsp3) is 0.364. The highest BCUT2D eigenvalue weighted by molar-refractivity contribution is 7.89. The van der Waals surface area contributed by atoms with Gasteiger partial charge in [-0.05, 0) is 37.5 Å². The van der Waals surface area contributed by atoms with Crippen molar-refractivity contribution in [2.75, 3.05) is 13.1 Å². The van der Waals surface area contributed by atoms with Gasteiger partial charge < -0.3 is 10.6 Å². The number of amides is 2. The fourth-order valence-corrected chi connectivity index (χ4v) is 5.00. The van der Waals surface area contributed by atoms with E-state index < -0.39 is 22.0 Å². The average Bonchev–Trinajstić information content (AvgIpc) is 2.78. The van der Waals surface area contributed by atoms with E-state index in [0.29, 0.717) is 25.9 Å². The van der Waals surface area contributed by atoms with Crippen molar-refractivity contribution in [3.05, 3.63) is 66.2 Å². The number of hydrogen-bond acceptors (Lipinski definition) is 4. The molecule has 1 fully saturated rings. The summed E-state index contributed by atoms with van der Waals surface area (Å²) in [6.07, 6.45) is 1.18. The highest BCUT2D eigenvalue weighted by atomic mass is 32.2. The first-order valence-corrected chi connectivity index (χ1v) is 11.5. The molecule has 8 heteroatoms. The molecule has 2 N–H and O–H groups in total. The molecule has 30 heavy (non-hydrogen) atoms. The monoisotopic (exact) mass is 429 g/mol. The van der Waals surface area contributed by atoms with Crippen LogP contribution in [-0.2, 0) is 26.2 Å². The summed E-state index contributed by atoms with van der Waals surface area (Å²) in [5.41, 5.74) is 0.971. The maximum atomic E-state index is 12.8. The van der Waals surface area contributed by atoms with E-state index in [0.717, 1.165) is 5.56 Å². The first-order chi connectivity index (χ1) is 14.4. The summed E-state index contributed by atoms with van der Waals surface area (Å²) in [6, 6.07) is 17.0. The summed E-state index contributed by atoms with van der Waals surface area (Å²) in [7, 11) is -3.64. The third kappa shape index (κ3) is 5.46. The number of benzene rings is 2. The molecule has 0 saturated carbocycles. The first-order valence-electron chi connectivity index (χ1n) is 10.0. The van der Waals surface area contributed by atoms with Crippen molar-refractivity contribution in [3.63, 3.8) is 0 Å². The molecule has 1 saturated heterocycles. The van der Waals surface area contributed by atoms with Gasteiger partial charge in [-0.1, -0.05) is 48.5 Å². The van der Waals surface area contributed by atoms with Crippen LogP contribution < -0.4 is 10.6 Å².